The average molecular weight is 1150 g/mol. The number of unbranched alkanes of at least 4 members (excludes halogenated alkanes) is 29. The fourth-order valence-corrected chi connectivity index (χ4v) is 9.49. The number of carbonyl (C=O) groups is 3. The maximum atomic E-state index is 13.0. The lowest BCUT2D eigenvalue weighted by atomic mass is 10.0. The summed E-state index contributed by atoms with van der Waals surface area (Å²) in [6.07, 6.45) is 99.0. The molecule has 0 radical (unpaired) electrons. The Kier molecular flexibility index (Phi) is 66.3. The number of allylic oxidation sites excluding steroid dienone is 22. The number of hydrogen-bond acceptors (Lipinski definition) is 6. The minimum atomic E-state index is -0.804. The van der Waals surface area contributed by atoms with Crippen molar-refractivity contribution < 1.29 is 28.6 Å². The Morgan fingerprint density at radius 2 is 0.470 bits per heavy atom. The van der Waals surface area contributed by atoms with E-state index in [0.29, 0.717) is 19.3 Å². The first kappa shape index (κ1) is 78.5. The van der Waals surface area contributed by atoms with Crippen molar-refractivity contribution >= 4 is 17.9 Å². The second-order valence-corrected chi connectivity index (χ2v) is 22.7. The second kappa shape index (κ2) is 70.0. The van der Waals surface area contributed by atoms with Gasteiger partial charge in [-0.2, -0.15) is 0 Å². The Bertz CT molecular complexity index is 1750. The minimum absolute atomic E-state index is 0.0959. The van der Waals surface area contributed by atoms with Crippen molar-refractivity contribution in [3.05, 3.63) is 134 Å². The first-order valence-electron chi connectivity index (χ1n) is 34.7. The van der Waals surface area contributed by atoms with Crippen LogP contribution in [0.5, 0.6) is 0 Å². The molecule has 0 amide bonds. The topological polar surface area (TPSA) is 78.9 Å². The van der Waals surface area contributed by atoms with Crippen molar-refractivity contribution in [1.82, 2.24) is 0 Å². The van der Waals surface area contributed by atoms with Crippen LogP contribution < -0.4 is 0 Å². The van der Waals surface area contributed by atoms with Gasteiger partial charge in [-0.3, -0.25) is 14.4 Å². The highest BCUT2D eigenvalue weighted by Crippen LogP contribution is 2.16. The van der Waals surface area contributed by atoms with Gasteiger partial charge in [0.1, 0.15) is 13.2 Å². The lowest BCUT2D eigenvalue weighted by Gasteiger charge is -2.18. The standard InChI is InChI=1S/C77H128O6/c1-4-7-10-13-16-19-22-25-28-30-32-34-36-37-38-39-41-42-44-46-49-52-55-58-61-64-67-70-76(79)82-73-74(72-81-75(78)69-66-63-60-57-54-51-48-27-24-21-18-15-12-9-6-3)83-77(80)71-68-65-62-59-56-53-50-47-45-43-40-35-33-31-29-26-23-20-17-14-11-8-5-2/h7,9-10,12,16,18-19,21,23,25-28,31-34,37-38,48,54,57,74H,4-6,8,11,13-15,17,20,22,24,29-30,35-36,39-47,49-53,55-56,58-73H2,1-3H3/b10-7-,12-9-,19-16-,21-18-,26-23-,28-25-,33-31-,34-32-,38-37-,48-27-,57-54-. The molecule has 6 nitrogen and oxygen atoms in total. The molecule has 83 heavy (non-hydrogen) atoms. The molecule has 0 bridgehead atoms. The summed E-state index contributed by atoms with van der Waals surface area (Å²) < 4.78 is 16.9. The fourth-order valence-electron chi connectivity index (χ4n) is 9.49. The Hall–Kier alpha value is -4.45. The smallest absolute Gasteiger partial charge is 0.306 e. The van der Waals surface area contributed by atoms with Crippen LogP contribution in [0.2, 0.25) is 0 Å². The molecule has 0 fully saturated rings. The molecule has 0 heterocycles. The summed E-state index contributed by atoms with van der Waals surface area (Å²) in [7, 11) is 0. The van der Waals surface area contributed by atoms with Crippen LogP contribution in [0, 0.1) is 0 Å². The molecule has 1 atom stereocenters. The Morgan fingerprint density at radius 3 is 0.759 bits per heavy atom. The van der Waals surface area contributed by atoms with Gasteiger partial charge in [-0.25, -0.2) is 0 Å². The maximum absolute atomic E-state index is 13.0. The van der Waals surface area contributed by atoms with Crippen LogP contribution in [0.1, 0.15) is 316 Å². The summed E-state index contributed by atoms with van der Waals surface area (Å²) in [5.74, 6) is -0.936. The van der Waals surface area contributed by atoms with E-state index in [4.69, 9.17) is 14.2 Å². The van der Waals surface area contributed by atoms with Crippen LogP contribution in [0.4, 0.5) is 0 Å². The molecule has 472 valence electrons. The highest BCUT2D eigenvalue weighted by atomic mass is 16.6. The lowest BCUT2D eigenvalue weighted by molar-refractivity contribution is -0.167. The van der Waals surface area contributed by atoms with Gasteiger partial charge in [0, 0.05) is 19.3 Å². The van der Waals surface area contributed by atoms with Crippen LogP contribution in [0.25, 0.3) is 0 Å². The van der Waals surface area contributed by atoms with Crippen molar-refractivity contribution in [3.63, 3.8) is 0 Å². The molecule has 6 heteroatoms. The summed E-state index contributed by atoms with van der Waals surface area (Å²) in [4.78, 5) is 38.4. The van der Waals surface area contributed by atoms with E-state index < -0.39 is 6.10 Å². The third-order valence-electron chi connectivity index (χ3n) is 14.6. The molecule has 1 unspecified atom stereocenters. The summed E-state index contributed by atoms with van der Waals surface area (Å²) in [6.45, 7) is 6.39. The largest absolute Gasteiger partial charge is 0.462 e. The van der Waals surface area contributed by atoms with Gasteiger partial charge in [0.2, 0.25) is 0 Å². The van der Waals surface area contributed by atoms with Crippen molar-refractivity contribution in [2.45, 2.75) is 322 Å². The van der Waals surface area contributed by atoms with E-state index in [2.05, 4.69) is 154 Å². The van der Waals surface area contributed by atoms with Crippen LogP contribution in [0.3, 0.4) is 0 Å². The van der Waals surface area contributed by atoms with Crippen LogP contribution >= 0.6 is 0 Å². The highest BCUT2D eigenvalue weighted by molar-refractivity contribution is 5.71. The number of carbonyl (C=O) groups excluding carboxylic acids is 3. The summed E-state index contributed by atoms with van der Waals surface area (Å²) >= 11 is 0. The quantitative estimate of drug-likeness (QED) is 0.0261. The third kappa shape index (κ3) is 68.2. The van der Waals surface area contributed by atoms with E-state index in [1.54, 1.807) is 0 Å². The van der Waals surface area contributed by atoms with Gasteiger partial charge in [0.15, 0.2) is 6.10 Å². The Morgan fingerprint density at radius 1 is 0.253 bits per heavy atom. The monoisotopic (exact) mass is 1150 g/mol. The molecule has 0 saturated heterocycles. The molecule has 0 saturated carbocycles. The first-order chi connectivity index (χ1) is 41.0. The third-order valence-corrected chi connectivity index (χ3v) is 14.6. The SMILES string of the molecule is CC/C=C\C/C=C\C/C=C\C/C=C\C/C=C\CCCCCCCCCCCCCC(=O)OCC(COC(=O)CCCC/C=C\C/C=C\C/C=C\C/C=C\CC)OC(=O)CCCCCCCCCCCCC/C=C\C/C=C\CCCCCCC. The van der Waals surface area contributed by atoms with Crippen LogP contribution in [-0.4, -0.2) is 37.2 Å². The molecular weight excluding hydrogens is 1020 g/mol. The molecule has 0 aliphatic rings. The van der Waals surface area contributed by atoms with E-state index in [9.17, 15) is 14.4 Å². The van der Waals surface area contributed by atoms with Gasteiger partial charge in [0.05, 0.1) is 0 Å². The van der Waals surface area contributed by atoms with Crippen LogP contribution in [0.15, 0.2) is 134 Å². The van der Waals surface area contributed by atoms with Gasteiger partial charge in [-0.15, -0.1) is 0 Å². The molecule has 0 aromatic carbocycles. The Labute approximate surface area is 513 Å². The van der Waals surface area contributed by atoms with E-state index in [-0.39, 0.29) is 31.1 Å². The zero-order chi connectivity index (χ0) is 59.9. The van der Waals surface area contributed by atoms with Gasteiger partial charge in [-0.1, -0.05) is 296 Å². The summed E-state index contributed by atoms with van der Waals surface area (Å²) in [5.41, 5.74) is 0. The maximum Gasteiger partial charge on any atom is 0.306 e. The molecule has 0 aromatic heterocycles. The number of esters is 3. The van der Waals surface area contributed by atoms with E-state index in [1.807, 2.05) is 0 Å². The summed E-state index contributed by atoms with van der Waals surface area (Å²) in [5, 5.41) is 0. The lowest BCUT2D eigenvalue weighted by Crippen LogP contribution is -2.30. The molecule has 0 spiro atoms. The number of ether oxygens (including phenoxy) is 3. The molecule has 0 N–H and O–H groups in total. The predicted octanol–water partition coefficient (Wildman–Crippen LogP) is 24.1. The average Bonchev–Trinajstić information content (AvgIpc) is 3.49. The van der Waals surface area contributed by atoms with Crippen molar-refractivity contribution in [1.29, 1.82) is 0 Å². The van der Waals surface area contributed by atoms with Gasteiger partial charge < -0.3 is 14.2 Å². The molecule has 0 aliphatic carbocycles. The van der Waals surface area contributed by atoms with E-state index in [0.717, 1.165) is 122 Å². The van der Waals surface area contributed by atoms with Gasteiger partial charge in [-0.05, 0) is 135 Å². The first-order valence-corrected chi connectivity index (χ1v) is 34.7. The van der Waals surface area contributed by atoms with Crippen molar-refractivity contribution in [3.8, 4) is 0 Å². The minimum Gasteiger partial charge on any atom is -0.462 e. The van der Waals surface area contributed by atoms with Crippen molar-refractivity contribution in [2.24, 2.45) is 0 Å². The molecular formula is C77H128O6. The molecule has 0 rings (SSSR count). The van der Waals surface area contributed by atoms with Gasteiger partial charge in [0.25, 0.3) is 0 Å². The number of hydrogen-bond donors (Lipinski definition) is 0. The molecule has 0 aromatic rings. The highest BCUT2D eigenvalue weighted by Gasteiger charge is 2.19. The molecule has 0 aliphatic heterocycles. The predicted molar refractivity (Wildman–Crippen MR) is 362 cm³/mol. The number of rotatable bonds is 62. The van der Waals surface area contributed by atoms with Crippen LogP contribution in [-0.2, 0) is 28.6 Å². The van der Waals surface area contributed by atoms with E-state index in [1.165, 1.54) is 154 Å². The normalized spacial score (nSPS) is 13.0. The fraction of sp³-hybridized carbons (Fsp3) is 0.675. The Balaban J connectivity index is 4.37. The van der Waals surface area contributed by atoms with Gasteiger partial charge >= 0.3 is 17.9 Å². The zero-order valence-electron chi connectivity index (χ0n) is 54.2. The van der Waals surface area contributed by atoms with Crippen molar-refractivity contribution in [2.75, 3.05) is 13.2 Å². The second-order valence-electron chi connectivity index (χ2n) is 22.7. The summed E-state index contributed by atoms with van der Waals surface area (Å²) in [6, 6.07) is 0. The zero-order valence-corrected chi connectivity index (χ0v) is 54.2. The van der Waals surface area contributed by atoms with E-state index >= 15 is 0 Å².